The first kappa shape index (κ1) is 14.2. The van der Waals surface area contributed by atoms with E-state index in [1.165, 1.54) is 0 Å². The molecule has 0 spiro atoms. The van der Waals surface area contributed by atoms with E-state index in [9.17, 15) is 0 Å². The lowest BCUT2D eigenvalue weighted by atomic mass is 10.1. The summed E-state index contributed by atoms with van der Waals surface area (Å²) >= 11 is 0. The SMILES string of the molecule is COc1ccc(C(CN)Oc2cccc(OC)c2)cc1. The second-order valence-corrected chi connectivity index (χ2v) is 4.29. The Morgan fingerprint density at radius 3 is 2.15 bits per heavy atom. The molecule has 2 rings (SSSR count). The first-order valence-corrected chi connectivity index (χ1v) is 6.41. The van der Waals surface area contributed by atoms with Gasteiger partial charge in [0.1, 0.15) is 23.4 Å². The third-order valence-corrected chi connectivity index (χ3v) is 3.02. The van der Waals surface area contributed by atoms with Crippen LogP contribution in [0, 0.1) is 0 Å². The third kappa shape index (κ3) is 3.42. The van der Waals surface area contributed by atoms with Crippen molar-refractivity contribution in [2.24, 2.45) is 5.73 Å². The van der Waals surface area contributed by atoms with E-state index in [0.717, 1.165) is 22.8 Å². The van der Waals surface area contributed by atoms with Gasteiger partial charge in [0.2, 0.25) is 0 Å². The molecule has 1 atom stereocenters. The van der Waals surface area contributed by atoms with Crippen LogP contribution in [-0.2, 0) is 0 Å². The van der Waals surface area contributed by atoms with Gasteiger partial charge in [-0.2, -0.15) is 0 Å². The lowest BCUT2D eigenvalue weighted by molar-refractivity contribution is 0.213. The van der Waals surface area contributed by atoms with Crippen molar-refractivity contribution < 1.29 is 14.2 Å². The molecule has 4 nitrogen and oxygen atoms in total. The van der Waals surface area contributed by atoms with Crippen LogP contribution in [0.4, 0.5) is 0 Å². The smallest absolute Gasteiger partial charge is 0.136 e. The molecule has 0 bridgehead atoms. The van der Waals surface area contributed by atoms with Crippen molar-refractivity contribution in [3.63, 3.8) is 0 Å². The highest BCUT2D eigenvalue weighted by Crippen LogP contribution is 2.25. The van der Waals surface area contributed by atoms with E-state index in [2.05, 4.69) is 0 Å². The molecular weight excluding hydrogens is 254 g/mol. The van der Waals surface area contributed by atoms with Gasteiger partial charge in [-0.1, -0.05) is 18.2 Å². The zero-order valence-electron chi connectivity index (χ0n) is 11.7. The molecule has 0 amide bonds. The maximum atomic E-state index is 5.92. The summed E-state index contributed by atoms with van der Waals surface area (Å²) in [6.45, 7) is 0.392. The van der Waals surface area contributed by atoms with Gasteiger partial charge in [-0.05, 0) is 29.8 Å². The lowest BCUT2D eigenvalue weighted by Gasteiger charge is -2.18. The minimum atomic E-state index is -0.201. The van der Waals surface area contributed by atoms with Gasteiger partial charge in [-0.25, -0.2) is 0 Å². The van der Waals surface area contributed by atoms with Crippen LogP contribution in [0.15, 0.2) is 48.5 Å². The van der Waals surface area contributed by atoms with E-state index in [0.29, 0.717) is 6.54 Å². The number of benzene rings is 2. The number of hydrogen-bond donors (Lipinski definition) is 1. The number of ether oxygens (including phenoxy) is 3. The van der Waals surface area contributed by atoms with Crippen molar-refractivity contribution in [1.29, 1.82) is 0 Å². The van der Waals surface area contributed by atoms with E-state index in [4.69, 9.17) is 19.9 Å². The van der Waals surface area contributed by atoms with E-state index in [1.54, 1.807) is 14.2 Å². The van der Waals surface area contributed by atoms with Gasteiger partial charge in [0.25, 0.3) is 0 Å². The fraction of sp³-hybridized carbons (Fsp3) is 0.250. The first-order valence-electron chi connectivity index (χ1n) is 6.41. The summed E-state index contributed by atoms with van der Waals surface area (Å²) in [6.07, 6.45) is -0.201. The number of rotatable bonds is 6. The highest BCUT2D eigenvalue weighted by molar-refractivity contribution is 5.34. The van der Waals surface area contributed by atoms with E-state index >= 15 is 0 Å². The third-order valence-electron chi connectivity index (χ3n) is 3.02. The molecule has 4 heteroatoms. The molecule has 0 aliphatic heterocycles. The Balaban J connectivity index is 2.14. The molecule has 0 aliphatic rings. The summed E-state index contributed by atoms with van der Waals surface area (Å²) < 4.78 is 16.2. The summed E-state index contributed by atoms with van der Waals surface area (Å²) in [5, 5.41) is 0. The van der Waals surface area contributed by atoms with Gasteiger partial charge in [0.05, 0.1) is 14.2 Å². The molecular formula is C16H19NO3. The zero-order chi connectivity index (χ0) is 14.4. The van der Waals surface area contributed by atoms with Gasteiger partial charge in [-0.15, -0.1) is 0 Å². The molecule has 0 saturated heterocycles. The number of methoxy groups -OCH3 is 2. The van der Waals surface area contributed by atoms with Crippen molar-refractivity contribution in [2.45, 2.75) is 6.10 Å². The maximum absolute atomic E-state index is 5.92. The molecule has 0 saturated carbocycles. The Kier molecular flexibility index (Phi) is 4.85. The molecule has 2 N–H and O–H groups in total. The van der Waals surface area contributed by atoms with E-state index in [1.807, 2.05) is 48.5 Å². The predicted molar refractivity (Wildman–Crippen MR) is 78.4 cm³/mol. The first-order chi connectivity index (χ1) is 9.76. The Morgan fingerprint density at radius 2 is 1.55 bits per heavy atom. The Labute approximate surface area is 119 Å². The Bertz CT molecular complexity index is 540. The predicted octanol–water partition coefficient (Wildman–Crippen LogP) is 2.78. The molecule has 0 radical (unpaired) electrons. The van der Waals surface area contributed by atoms with Crippen molar-refractivity contribution in [2.75, 3.05) is 20.8 Å². The molecule has 20 heavy (non-hydrogen) atoms. The Morgan fingerprint density at radius 1 is 0.900 bits per heavy atom. The van der Waals surface area contributed by atoms with E-state index in [-0.39, 0.29) is 6.10 Å². The molecule has 0 aliphatic carbocycles. The van der Waals surface area contributed by atoms with Gasteiger partial charge < -0.3 is 19.9 Å². The topological polar surface area (TPSA) is 53.7 Å². The second kappa shape index (κ2) is 6.82. The minimum Gasteiger partial charge on any atom is -0.497 e. The fourth-order valence-electron chi connectivity index (χ4n) is 1.91. The van der Waals surface area contributed by atoms with Crippen LogP contribution in [0.5, 0.6) is 17.2 Å². The van der Waals surface area contributed by atoms with Crippen LogP contribution in [-0.4, -0.2) is 20.8 Å². The summed E-state index contributed by atoms with van der Waals surface area (Å²) in [5.41, 5.74) is 6.82. The zero-order valence-corrected chi connectivity index (χ0v) is 11.7. The van der Waals surface area contributed by atoms with Crippen LogP contribution in [0.1, 0.15) is 11.7 Å². The lowest BCUT2D eigenvalue weighted by Crippen LogP contribution is -2.18. The number of nitrogens with two attached hydrogens (primary N) is 1. The second-order valence-electron chi connectivity index (χ2n) is 4.29. The molecule has 0 aromatic heterocycles. The maximum Gasteiger partial charge on any atom is 0.136 e. The summed E-state index contributed by atoms with van der Waals surface area (Å²) in [5.74, 6) is 2.30. The Hall–Kier alpha value is -2.20. The molecule has 0 fully saturated rings. The quantitative estimate of drug-likeness (QED) is 0.879. The highest BCUT2D eigenvalue weighted by Gasteiger charge is 2.12. The average molecular weight is 273 g/mol. The average Bonchev–Trinajstić information content (AvgIpc) is 2.53. The molecule has 106 valence electrons. The van der Waals surface area contributed by atoms with Crippen LogP contribution < -0.4 is 19.9 Å². The van der Waals surface area contributed by atoms with Gasteiger partial charge in [0, 0.05) is 12.6 Å². The summed E-state index contributed by atoms with van der Waals surface area (Å²) in [4.78, 5) is 0. The van der Waals surface area contributed by atoms with Crippen molar-refractivity contribution >= 4 is 0 Å². The number of hydrogen-bond acceptors (Lipinski definition) is 4. The standard InChI is InChI=1S/C16H19NO3/c1-18-13-8-6-12(7-9-13)16(11-17)20-15-5-3-4-14(10-15)19-2/h3-10,16H,11,17H2,1-2H3. The molecule has 1 unspecified atom stereocenters. The molecule has 0 heterocycles. The summed E-state index contributed by atoms with van der Waals surface area (Å²) in [7, 11) is 3.27. The van der Waals surface area contributed by atoms with Gasteiger partial charge >= 0.3 is 0 Å². The van der Waals surface area contributed by atoms with Gasteiger partial charge in [-0.3, -0.25) is 0 Å². The van der Waals surface area contributed by atoms with Crippen LogP contribution in [0.25, 0.3) is 0 Å². The fourth-order valence-corrected chi connectivity index (χ4v) is 1.91. The monoisotopic (exact) mass is 273 g/mol. The minimum absolute atomic E-state index is 0.201. The van der Waals surface area contributed by atoms with Crippen molar-refractivity contribution in [1.82, 2.24) is 0 Å². The molecule has 2 aromatic carbocycles. The molecule has 2 aromatic rings. The normalized spacial score (nSPS) is 11.8. The van der Waals surface area contributed by atoms with Crippen molar-refractivity contribution in [3.8, 4) is 17.2 Å². The van der Waals surface area contributed by atoms with E-state index < -0.39 is 0 Å². The highest BCUT2D eigenvalue weighted by atomic mass is 16.5. The van der Waals surface area contributed by atoms with Crippen molar-refractivity contribution in [3.05, 3.63) is 54.1 Å². The van der Waals surface area contributed by atoms with Crippen LogP contribution >= 0.6 is 0 Å². The van der Waals surface area contributed by atoms with Crippen LogP contribution in [0.3, 0.4) is 0 Å². The summed E-state index contributed by atoms with van der Waals surface area (Å²) in [6, 6.07) is 15.2. The largest absolute Gasteiger partial charge is 0.497 e. The van der Waals surface area contributed by atoms with Gasteiger partial charge in [0.15, 0.2) is 0 Å². The van der Waals surface area contributed by atoms with Crippen LogP contribution in [0.2, 0.25) is 0 Å².